The fourth-order valence-electron chi connectivity index (χ4n) is 1.69. The van der Waals surface area contributed by atoms with Gasteiger partial charge in [-0.25, -0.2) is 8.78 Å². The van der Waals surface area contributed by atoms with Crippen LogP contribution in [0.1, 0.15) is 11.4 Å². The first-order valence-corrected chi connectivity index (χ1v) is 5.78. The minimum Gasteiger partial charge on any atom is -0.503 e. The maximum Gasteiger partial charge on any atom is 0.187 e. The molecule has 1 aromatic carbocycles. The van der Waals surface area contributed by atoms with Crippen LogP contribution in [0.2, 0.25) is 0 Å². The molecule has 7 heteroatoms. The van der Waals surface area contributed by atoms with Crippen LogP contribution in [0, 0.1) is 11.6 Å². The van der Waals surface area contributed by atoms with Crippen molar-refractivity contribution in [1.29, 1.82) is 0 Å². The van der Waals surface area contributed by atoms with Crippen LogP contribution in [0.3, 0.4) is 0 Å². The van der Waals surface area contributed by atoms with Crippen molar-refractivity contribution in [3.63, 3.8) is 0 Å². The van der Waals surface area contributed by atoms with Crippen molar-refractivity contribution < 1.29 is 13.9 Å². The van der Waals surface area contributed by atoms with E-state index in [-0.39, 0.29) is 0 Å². The van der Waals surface area contributed by atoms with E-state index in [1.54, 1.807) is 6.33 Å². The van der Waals surface area contributed by atoms with E-state index in [2.05, 4.69) is 15.5 Å². The quantitative estimate of drug-likeness (QED) is 0.798. The molecule has 5 nitrogen and oxygen atoms in total. The number of benzene rings is 1. The maximum absolute atomic E-state index is 13.1. The molecule has 0 saturated heterocycles. The minimum atomic E-state index is -0.954. The van der Waals surface area contributed by atoms with Crippen molar-refractivity contribution in [2.24, 2.45) is 7.05 Å². The second-order valence-electron chi connectivity index (χ2n) is 4.19. The van der Waals surface area contributed by atoms with Crippen LogP contribution in [-0.2, 0) is 20.0 Å². The van der Waals surface area contributed by atoms with E-state index >= 15 is 0 Å². The molecule has 1 aromatic heterocycles. The molecule has 2 rings (SSSR count). The monoisotopic (exact) mass is 268 g/mol. The largest absolute Gasteiger partial charge is 0.503 e. The molecular formula is C12H14F2N4O. The number of nitrogens with zero attached hydrogens (tertiary/aromatic N) is 3. The molecule has 2 aromatic rings. The lowest BCUT2D eigenvalue weighted by atomic mass is 10.2. The van der Waals surface area contributed by atoms with Crippen molar-refractivity contribution in [2.75, 3.05) is 6.54 Å². The summed E-state index contributed by atoms with van der Waals surface area (Å²) in [7, 11) is 1.85. The number of halogens is 2. The van der Waals surface area contributed by atoms with Crippen LogP contribution in [0.15, 0.2) is 18.5 Å². The van der Waals surface area contributed by atoms with Crippen LogP contribution in [0.5, 0.6) is 5.75 Å². The fourth-order valence-corrected chi connectivity index (χ4v) is 1.69. The van der Waals surface area contributed by atoms with Gasteiger partial charge in [-0.15, -0.1) is 10.2 Å². The van der Waals surface area contributed by atoms with Gasteiger partial charge in [-0.05, 0) is 17.7 Å². The Kier molecular flexibility index (Phi) is 4.06. The summed E-state index contributed by atoms with van der Waals surface area (Å²) in [6.07, 6.45) is 2.28. The molecule has 0 aliphatic rings. The van der Waals surface area contributed by atoms with Gasteiger partial charge in [0.25, 0.3) is 0 Å². The summed E-state index contributed by atoms with van der Waals surface area (Å²) in [6, 6.07) is 2.21. The highest BCUT2D eigenvalue weighted by atomic mass is 19.1. The summed E-state index contributed by atoms with van der Waals surface area (Å²) in [5.74, 6) is -2.02. The van der Waals surface area contributed by atoms with E-state index in [0.29, 0.717) is 25.1 Å². The molecule has 0 fully saturated rings. The molecule has 0 radical (unpaired) electrons. The molecule has 0 atom stereocenters. The molecule has 0 bridgehead atoms. The molecule has 19 heavy (non-hydrogen) atoms. The number of hydrogen-bond donors (Lipinski definition) is 2. The van der Waals surface area contributed by atoms with Crippen LogP contribution in [0.4, 0.5) is 8.78 Å². The van der Waals surface area contributed by atoms with Gasteiger partial charge in [0, 0.05) is 26.6 Å². The Bertz CT molecular complexity index is 548. The van der Waals surface area contributed by atoms with Crippen LogP contribution in [-0.4, -0.2) is 26.4 Å². The topological polar surface area (TPSA) is 63.0 Å². The standard InChI is InChI=1S/C12H14F2N4O/c1-18-7-16-17-11(18)2-3-15-6-8-4-9(13)12(19)10(14)5-8/h4-5,7,15,19H,2-3,6H2,1H3. The molecule has 2 N–H and O–H groups in total. The van der Waals surface area contributed by atoms with Gasteiger partial charge in [-0.2, -0.15) is 0 Å². The van der Waals surface area contributed by atoms with Crippen molar-refractivity contribution in [2.45, 2.75) is 13.0 Å². The Labute approximate surface area is 108 Å². The van der Waals surface area contributed by atoms with Crippen molar-refractivity contribution in [1.82, 2.24) is 20.1 Å². The second-order valence-corrected chi connectivity index (χ2v) is 4.19. The Hall–Kier alpha value is -2.02. The van der Waals surface area contributed by atoms with Gasteiger partial charge in [0.15, 0.2) is 17.4 Å². The lowest BCUT2D eigenvalue weighted by Crippen LogP contribution is -2.18. The zero-order chi connectivity index (χ0) is 13.8. The summed E-state index contributed by atoms with van der Waals surface area (Å²) in [5, 5.41) is 19.7. The average Bonchev–Trinajstić information content (AvgIpc) is 2.77. The zero-order valence-electron chi connectivity index (χ0n) is 10.4. The first-order chi connectivity index (χ1) is 9.08. The summed E-state index contributed by atoms with van der Waals surface area (Å²) in [5.41, 5.74) is 0.436. The minimum absolute atomic E-state index is 0.311. The van der Waals surface area contributed by atoms with Gasteiger partial charge in [0.2, 0.25) is 0 Å². The molecule has 0 aliphatic carbocycles. The molecule has 102 valence electrons. The van der Waals surface area contributed by atoms with E-state index < -0.39 is 17.4 Å². The smallest absolute Gasteiger partial charge is 0.187 e. The van der Waals surface area contributed by atoms with Crippen LogP contribution in [0.25, 0.3) is 0 Å². The molecule has 0 amide bonds. The van der Waals surface area contributed by atoms with Crippen LogP contribution >= 0.6 is 0 Å². The molecule has 0 saturated carbocycles. The highest BCUT2D eigenvalue weighted by Gasteiger charge is 2.09. The number of aromatic hydroxyl groups is 1. The Morgan fingerprint density at radius 1 is 1.32 bits per heavy atom. The summed E-state index contributed by atoms with van der Waals surface area (Å²) >= 11 is 0. The maximum atomic E-state index is 13.1. The van der Waals surface area contributed by atoms with Gasteiger partial charge < -0.3 is 15.0 Å². The highest BCUT2D eigenvalue weighted by Crippen LogP contribution is 2.21. The van der Waals surface area contributed by atoms with Gasteiger partial charge in [-0.1, -0.05) is 0 Å². The third kappa shape index (κ3) is 3.25. The van der Waals surface area contributed by atoms with Crippen molar-refractivity contribution in [3.05, 3.63) is 41.5 Å². The Morgan fingerprint density at radius 2 is 2.00 bits per heavy atom. The van der Waals surface area contributed by atoms with Crippen LogP contribution < -0.4 is 5.32 Å². The number of phenols is 1. The van der Waals surface area contributed by atoms with Gasteiger partial charge in [0.1, 0.15) is 12.2 Å². The van der Waals surface area contributed by atoms with E-state index in [1.807, 2.05) is 11.6 Å². The Morgan fingerprint density at radius 3 is 2.58 bits per heavy atom. The first-order valence-electron chi connectivity index (χ1n) is 5.78. The molecular weight excluding hydrogens is 254 g/mol. The third-order valence-electron chi connectivity index (χ3n) is 2.74. The average molecular weight is 268 g/mol. The number of aromatic nitrogens is 3. The van der Waals surface area contributed by atoms with E-state index in [9.17, 15) is 8.78 Å². The second kappa shape index (κ2) is 5.75. The van der Waals surface area contributed by atoms with Gasteiger partial charge in [-0.3, -0.25) is 0 Å². The molecule has 0 aliphatic heterocycles. The number of hydrogen-bond acceptors (Lipinski definition) is 4. The molecule has 0 spiro atoms. The molecule has 0 unspecified atom stereocenters. The fraction of sp³-hybridized carbons (Fsp3) is 0.333. The Balaban J connectivity index is 1.85. The van der Waals surface area contributed by atoms with E-state index in [0.717, 1.165) is 18.0 Å². The number of nitrogens with one attached hydrogen (secondary N) is 1. The summed E-state index contributed by atoms with van der Waals surface area (Å²) < 4.78 is 28.0. The van der Waals surface area contributed by atoms with Crippen molar-refractivity contribution in [3.8, 4) is 5.75 Å². The summed E-state index contributed by atoms with van der Waals surface area (Å²) in [4.78, 5) is 0. The lowest BCUT2D eigenvalue weighted by molar-refractivity contribution is 0.395. The highest BCUT2D eigenvalue weighted by molar-refractivity contribution is 5.29. The lowest BCUT2D eigenvalue weighted by Gasteiger charge is -2.06. The first kappa shape index (κ1) is 13.4. The normalized spacial score (nSPS) is 10.9. The number of phenolic OH excluding ortho intramolecular Hbond substituents is 1. The van der Waals surface area contributed by atoms with Gasteiger partial charge >= 0.3 is 0 Å². The number of aryl methyl sites for hydroxylation is 1. The predicted octanol–water partition coefficient (Wildman–Crippen LogP) is 1.13. The van der Waals surface area contributed by atoms with E-state index in [1.165, 1.54) is 0 Å². The predicted molar refractivity (Wildman–Crippen MR) is 64.4 cm³/mol. The van der Waals surface area contributed by atoms with Crippen molar-refractivity contribution >= 4 is 0 Å². The zero-order valence-corrected chi connectivity index (χ0v) is 10.4. The SMILES string of the molecule is Cn1cnnc1CCNCc1cc(F)c(O)c(F)c1. The molecule has 1 heterocycles. The van der Waals surface area contributed by atoms with Gasteiger partial charge in [0.05, 0.1) is 0 Å². The van der Waals surface area contributed by atoms with E-state index in [4.69, 9.17) is 5.11 Å². The third-order valence-corrected chi connectivity index (χ3v) is 2.74. The number of rotatable bonds is 5. The summed E-state index contributed by atoms with van der Waals surface area (Å²) in [6.45, 7) is 0.919.